The summed E-state index contributed by atoms with van der Waals surface area (Å²) in [6, 6.07) is 14.4. The largest absolute Gasteiger partial charge is 0.330 e. The Hall–Kier alpha value is -2.17. The lowest BCUT2D eigenvalue weighted by molar-refractivity contribution is -0.709. The first kappa shape index (κ1) is 18.2. The third-order valence-corrected chi connectivity index (χ3v) is 4.16. The van der Waals surface area contributed by atoms with Crippen LogP contribution in [0.5, 0.6) is 0 Å². The Labute approximate surface area is 147 Å². The zero-order valence-corrected chi connectivity index (χ0v) is 14.8. The lowest BCUT2D eigenvalue weighted by Gasteiger charge is -2.17. The molecule has 0 spiro atoms. The van der Waals surface area contributed by atoms with Gasteiger partial charge in [0.2, 0.25) is 0 Å². The first-order valence-electron chi connectivity index (χ1n) is 7.89. The lowest BCUT2D eigenvalue weighted by Crippen LogP contribution is -2.91. The van der Waals surface area contributed by atoms with Crippen LogP contribution in [0.2, 0.25) is 5.02 Å². The smallest absolute Gasteiger partial charge is 0.282 e. The minimum Gasteiger partial charge on any atom is -0.330 e. The number of anilines is 1. The van der Waals surface area contributed by atoms with E-state index in [1.807, 2.05) is 43.4 Å². The van der Waals surface area contributed by atoms with Crippen molar-refractivity contribution in [3.05, 3.63) is 64.7 Å². The predicted molar refractivity (Wildman–Crippen MR) is 96.3 cm³/mol. The molecule has 2 aromatic carbocycles. The van der Waals surface area contributed by atoms with Gasteiger partial charge in [-0.25, -0.2) is 0 Å². The van der Waals surface area contributed by atoms with Crippen LogP contribution in [0.1, 0.15) is 42.7 Å². The molecule has 0 heterocycles. The molecule has 0 radical (unpaired) electrons. The maximum absolute atomic E-state index is 12.3. The second-order valence-electron chi connectivity index (χ2n) is 5.95. The molecule has 0 fully saturated rings. The molecule has 126 valence electrons. The highest BCUT2D eigenvalue weighted by Crippen LogP contribution is 2.15. The molecule has 0 aliphatic carbocycles. The molecule has 2 rings (SSSR count). The molecule has 0 aliphatic rings. The van der Waals surface area contributed by atoms with E-state index < -0.39 is 0 Å². The Balaban J connectivity index is 1.95. The highest BCUT2D eigenvalue weighted by atomic mass is 35.5. The Morgan fingerprint density at radius 1 is 1.08 bits per heavy atom. The fraction of sp³-hybridized carbons (Fsp3) is 0.263. The number of benzene rings is 2. The SMILES string of the molecule is CC(=O)c1ccc(NC(=O)[C@@H](C)[NH2+][C@@H](C)c2cccc(Cl)c2)cc1. The van der Waals surface area contributed by atoms with Gasteiger partial charge in [-0.15, -0.1) is 0 Å². The third-order valence-electron chi connectivity index (χ3n) is 3.92. The Bertz CT molecular complexity index is 728. The van der Waals surface area contributed by atoms with Gasteiger partial charge >= 0.3 is 0 Å². The number of hydrogen-bond acceptors (Lipinski definition) is 2. The summed E-state index contributed by atoms with van der Waals surface area (Å²) in [5.74, 6) is -0.0793. The van der Waals surface area contributed by atoms with Crippen molar-refractivity contribution in [3.8, 4) is 0 Å². The molecule has 5 heteroatoms. The Morgan fingerprint density at radius 3 is 2.33 bits per heavy atom. The molecule has 0 aromatic heterocycles. The minimum atomic E-state index is -0.258. The standard InChI is InChI=1S/C19H21ClN2O2/c1-12(16-5-4-6-17(20)11-16)21-13(2)19(24)22-18-9-7-15(8-10-18)14(3)23/h4-13,21H,1-3H3,(H,22,24)/p+1/t12-,13+/m0/s1. The van der Waals surface area contributed by atoms with Gasteiger partial charge in [0.25, 0.3) is 5.91 Å². The first-order valence-corrected chi connectivity index (χ1v) is 8.27. The highest BCUT2D eigenvalue weighted by molar-refractivity contribution is 6.30. The molecule has 0 aliphatic heterocycles. The summed E-state index contributed by atoms with van der Waals surface area (Å²) in [5.41, 5.74) is 2.39. The zero-order valence-electron chi connectivity index (χ0n) is 14.0. The molecule has 2 aromatic rings. The topological polar surface area (TPSA) is 62.8 Å². The molecule has 0 saturated heterocycles. The van der Waals surface area contributed by atoms with Crippen molar-refractivity contribution in [2.75, 3.05) is 5.32 Å². The summed E-state index contributed by atoms with van der Waals surface area (Å²) >= 11 is 6.01. The van der Waals surface area contributed by atoms with Crippen molar-refractivity contribution >= 4 is 29.0 Å². The molecular formula is C19H22ClN2O2+. The molecule has 3 N–H and O–H groups in total. The van der Waals surface area contributed by atoms with E-state index in [9.17, 15) is 9.59 Å². The highest BCUT2D eigenvalue weighted by Gasteiger charge is 2.20. The fourth-order valence-corrected chi connectivity index (χ4v) is 2.66. The second kappa shape index (κ2) is 8.08. The number of nitrogens with one attached hydrogen (secondary N) is 1. The summed E-state index contributed by atoms with van der Waals surface area (Å²) in [4.78, 5) is 23.6. The summed E-state index contributed by atoms with van der Waals surface area (Å²) < 4.78 is 0. The van der Waals surface area contributed by atoms with Crippen LogP contribution in [0.15, 0.2) is 48.5 Å². The van der Waals surface area contributed by atoms with Gasteiger partial charge in [0.1, 0.15) is 6.04 Å². The summed E-state index contributed by atoms with van der Waals surface area (Å²) in [7, 11) is 0. The molecule has 0 unspecified atom stereocenters. The average molecular weight is 346 g/mol. The lowest BCUT2D eigenvalue weighted by atomic mass is 10.1. The van der Waals surface area contributed by atoms with E-state index in [1.54, 1.807) is 24.3 Å². The van der Waals surface area contributed by atoms with E-state index in [2.05, 4.69) is 5.32 Å². The van der Waals surface area contributed by atoms with Gasteiger partial charge in [-0.05, 0) is 57.2 Å². The van der Waals surface area contributed by atoms with Crippen molar-refractivity contribution in [3.63, 3.8) is 0 Å². The van der Waals surface area contributed by atoms with Crippen molar-refractivity contribution in [2.24, 2.45) is 0 Å². The summed E-state index contributed by atoms with van der Waals surface area (Å²) in [6.45, 7) is 5.42. The molecular weight excluding hydrogens is 324 g/mol. The number of quaternary nitrogens is 1. The van der Waals surface area contributed by atoms with Crippen molar-refractivity contribution in [1.82, 2.24) is 0 Å². The van der Waals surface area contributed by atoms with Gasteiger partial charge in [-0.3, -0.25) is 9.59 Å². The summed E-state index contributed by atoms with van der Waals surface area (Å²) in [6.07, 6.45) is 0. The monoisotopic (exact) mass is 345 g/mol. The van der Waals surface area contributed by atoms with Gasteiger partial charge in [0.05, 0.1) is 0 Å². The number of halogens is 1. The fourth-order valence-electron chi connectivity index (χ4n) is 2.47. The average Bonchev–Trinajstić information content (AvgIpc) is 2.55. The second-order valence-corrected chi connectivity index (χ2v) is 6.38. The minimum absolute atomic E-state index is 0.00456. The van der Waals surface area contributed by atoms with E-state index >= 15 is 0 Å². The third kappa shape index (κ3) is 4.91. The van der Waals surface area contributed by atoms with Crippen LogP contribution >= 0.6 is 11.6 Å². The number of Topliss-reactive ketones (excluding diaryl/α,β-unsaturated/α-hetero) is 1. The maximum atomic E-state index is 12.3. The number of hydrogen-bond donors (Lipinski definition) is 2. The van der Waals surface area contributed by atoms with Gasteiger partial charge in [0, 0.05) is 21.8 Å². The van der Waals surface area contributed by atoms with Gasteiger partial charge in [-0.2, -0.15) is 0 Å². The number of carbonyl (C=O) groups excluding carboxylic acids is 2. The summed E-state index contributed by atoms with van der Waals surface area (Å²) in [5, 5.41) is 5.55. The maximum Gasteiger partial charge on any atom is 0.282 e. The molecule has 1 amide bonds. The van der Waals surface area contributed by atoms with Crippen LogP contribution in [0.4, 0.5) is 5.69 Å². The zero-order chi connectivity index (χ0) is 17.7. The van der Waals surface area contributed by atoms with Crippen LogP contribution in [-0.4, -0.2) is 17.7 Å². The number of nitrogens with two attached hydrogens (primary N) is 1. The Morgan fingerprint density at radius 2 is 1.75 bits per heavy atom. The Kier molecular flexibility index (Phi) is 6.12. The molecule has 0 bridgehead atoms. The van der Waals surface area contributed by atoms with Crippen LogP contribution in [0, 0.1) is 0 Å². The number of rotatable bonds is 6. The van der Waals surface area contributed by atoms with Crippen LogP contribution in [0.25, 0.3) is 0 Å². The molecule has 0 saturated carbocycles. The van der Waals surface area contributed by atoms with E-state index in [0.29, 0.717) is 16.3 Å². The normalized spacial score (nSPS) is 13.2. The van der Waals surface area contributed by atoms with E-state index in [1.165, 1.54) is 6.92 Å². The van der Waals surface area contributed by atoms with Crippen molar-refractivity contribution in [1.29, 1.82) is 0 Å². The van der Waals surface area contributed by atoms with E-state index in [-0.39, 0.29) is 23.8 Å². The van der Waals surface area contributed by atoms with E-state index in [4.69, 9.17) is 11.6 Å². The van der Waals surface area contributed by atoms with Crippen LogP contribution in [0.3, 0.4) is 0 Å². The number of amides is 1. The number of ketones is 1. The van der Waals surface area contributed by atoms with Crippen molar-refractivity contribution in [2.45, 2.75) is 32.9 Å². The van der Waals surface area contributed by atoms with Crippen LogP contribution < -0.4 is 10.6 Å². The van der Waals surface area contributed by atoms with E-state index in [0.717, 1.165) is 5.56 Å². The number of carbonyl (C=O) groups is 2. The molecule has 2 atom stereocenters. The first-order chi connectivity index (χ1) is 11.4. The van der Waals surface area contributed by atoms with Gasteiger partial charge < -0.3 is 10.6 Å². The molecule has 24 heavy (non-hydrogen) atoms. The van der Waals surface area contributed by atoms with Gasteiger partial charge in [0.15, 0.2) is 11.8 Å². The molecule has 4 nitrogen and oxygen atoms in total. The van der Waals surface area contributed by atoms with Crippen molar-refractivity contribution < 1.29 is 14.9 Å². The predicted octanol–water partition coefficient (Wildman–Crippen LogP) is 3.19. The van der Waals surface area contributed by atoms with Crippen LogP contribution in [-0.2, 0) is 4.79 Å². The quantitative estimate of drug-likeness (QED) is 0.790. The van der Waals surface area contributed by atoms with Gasteiger partial charge in [-0.1, -0.05) is 23.7 Å².